The van der Waals surface area contributed by atoms with Gasteiger partial charge in [0.2, 0.25) is 0 Å². The molecule has 0 radical (unpaired) electrons. The number of hydrogen-bond acceptors (Lipinski definition) is 5. The monoisotopic (exact) mass is 318 g/mol. The van der Waals surface area contributed by atoms with E-state index in [2.05, 4.69) is 0 Å². The van der Waals surface area contributed by atoms with Crippen LogP contribution in [-0.4, -0.2) is 37.9 Å². The molecular formula is C12H15ClN2O4S. The predicted molar refractivity (Wildman–Crippen MR) is 78.1 cm³/mol. The predicted octanol–water partition coefficient (Wildman–Crippen LogP) is 1.96. The average molecular weight is 319 g/mol. The normalized spacial score (nSPS) is 20.8. The molecule has 1 aromatic rings. The van der Waals surface area contributed by atoms with E-state index in [4.69, 9.17) is 11.6 Å². The molecule has 20 heavy (non-hydrogen) atoms. The van der Waals surface area contributed by atoms with Crippen LogP contribution in [0.4, 0.5) is 11.4 Å². The molecule has 0 bridgehead atoms. The maximum Gasteiger partial charge on any atom is 0.292 e. The van der Waals surface area contributed by atoms with Crippen molar-refractivity contribution in [2.75, 3.05) is 23.5 Å². The molecule has 1 aliphatic heterocycles. The van der Waals surface area contributed by atoms with Gasteiger partial charge < -0.3 is 4.90 Å². The number of sulfone groups is 1. The second kappa shape index (κ2) is 5.57. The van der Waals surface area contributed by atoms with E-state index in [0.717, 1.165) is 0 Å². The molecule has 6 nitrogen and oxygen atoms in total. The quantitative estimate of drug-likeness (QED) is 0.481. The lowest BCUT2D eigenvalue weighted by Gasteiger charge is -2.25. The summed E-state index contributed by atoms with van der Waals surface area (Å²) < 4.78 is 23.0. The van der Waals surface area contributed by atoms with Gasteiger partial charge in [-0.1, -0.05) is 6.07 Å². The maximum absolute atomic E-state index is 11.5. The van der Waals surface area contributed by atoms with Gasteiger partial charge in [-0.05, 0) is 18.1 Å². The molecule has 8 heteroatoms. The largest absolute Gasteiger partial charge is 0.365 e. The second-order valence-corrected chi connectivity index (χ2v) is 7.38. The van der Waals surface area contributed by atoms with Crippen molar-refractivity contribution in [3.8, 4) is 0 Å². The maximum atomic E-state index is 11.5. The summed E-state index contributed by atoms with van der Waals surface area (Å²) in [6.45, 7) is 0. The average Bonchev–Trinajstić information content (AvgIpc) is 2.77. The van der Waals surface area contributed by atoms with E-state index in [9.17, 15) is 18.5 Å². The standard InChI is InChI=1S/C12H15ClN2O4S/c1-14(10-4-5-20(18,19)8-10)11-3-2-9(7-13)6-12(11)15(16)17/h2-3,6,10H,4-5,7-8H2,1H3. The molecule has 1 heterocycles. The van der Waals surface area contributed by atoms with Crippen molar-refractivity contribution >= 4 is 32.8 Å². The molecule has 1 fully saturated rings. The lowest BCUT2D eigenvalue weighted by molar-refractivity contribution is -0.384. The summed E-state index contributed by atoms with van der Waals surface area (Å²) in [5.41, 5.74) is 1.04. The van der Waals surface area contributed by atoms with Gasteiger partial charge >= 0.3 is 0 Å². The SMILES string of the molecule is CN(c1ccc(CCl)cc1[N+](=O)[O-])C1CCS(=O)(=O)C1. The van der Waals surface area contributed by atoms with Gasteiger partial charge in [-0.2, -0.15) is 0 Å². The van der Waals surface area contributed by atoms with Gasteiger partial charge in [0, 0.05) is 25.0 Å². The van der Waals surface area contributed by atoms with E-state index in [-0.39, 0.29) is 29.1 Å². The first-order valence-corrected chi connectivity index (χ1v) is 8.46. The summed E-state index contributed by atoms with van der Waals surface area (Å²) in [4.78, 5) is 12.4. The zero-order valence-electron chi connectivity index (χ0n) is 11.0. The molecule has 1 aromatic carbocycles. The highest BCUT2D eigenvalue weighted by Gasteiger charge is 2.33. The van der Waals surface area contributed by atoms with E-state index in [0.29, 0.717) is 17.7 Å². The van der Waals surface area contributed by atoms with Gasteiger partial charge in [0.15, 0.2) is 9.84 Å². The van der Waals surface area contributed by atoms with Crippen molar-refractivity contribution in [2.45, 2.75) is 18.3 Å². The van der Waals surface area contributed by atoms with Crippen molar-refractivity contribution < 1.29 is 13.3 Å². The van der Waals surface area contributed by atoms with Gasteiger partial charge in [0.1, 0.15) is 5.69 Å². The highest BCUT2D eigenvalue weighted by atomic mass is 35.5. The molecule has 0 aromatic heterocycles. The third kappa shape index (κ3) is 3.04. The second-order valence-electron chi connectivity index (χ2n) is 4.88. The number of nitrogens with zero attached hydrogens (tertiary/aromatic N) is 2. The number of nitro benzene ring substituents is 1. The van der Waals surface area contributed by atoms with Crippen LogP contribution < -0.4 is 4.90 Å². The van der Waals surface area contributed by atoms with Crippen LogP contribution >= 0.6 is 11.6 Å². The van der Waals surface area contributed by atoms with Crippen LogP contribution in [0, 0.1) is 10.1 Å². The van der Waals surface area contributed by atoms with E-state index in [1.807, 2.05) is 0 Å². The summed E-state index contributed by atoms with van der Waals surface area (Å²) in [6.07, 6.45) is 0.493. The lowest BCUT2D eigenvalue weighted by atomic mass is 10.1. The van der Waals surface area contributed by atoms with Gasteiger partial charge in [0.25, 0.3) is 5.69 Å². The fraction of sp³-hybridized carbons (Fsp3) is 0.500. The van der Waals surface area contributed by atoms with Crippen molar-refractivity contribution in [3.63, 3.8) is 0 Å². The molecule has 1 saturated heterocycles. The molecule has 1 unspecified atom stereocenters. The number of hydrogen-bond donors (Lipinski definition) is 0. The minimum Gasteiger partial charge on any atom is -0.365 e. The van der Waals surface area contributed by atoms with Crippen molar-refractivity contribution in [3.05, 3.63) is 33.9 Å². The Kier molecular flexibility index (Phi) is 4.19. The van der Waals surface area contributed by atoms with E-state index >= 15 is 0 Å². The Bertz CT molecular complexity index is 632. The number of benzene rings is 1. The molecule has 2 rings (SSSR count). The van der Waals surface area contributed by atoms with Crippen LogP contribution in [0.15, 0.2) is 18.2 Å². The first kappa shape index (κ1) is 15.1. The van der Waals surface area contributed by atoms with Crippen LogP contribution in [0.3, 0.4) is 0 Å². The molecule has 0 aliphatic carbocycles. The fourth-order valence-corrected chi connectivity index (χ4v) is 4.31. The first-order chi connectivity index (χ1) is 9.34. The molecule has 0 amide bonds. The first-order valence-electron chi connectivity index (χ1n) is 6.10. The van der Waals surface area contributed by atoms with Gasteiger partial charge in [-0.15, -0.1) is 11.6 Å². The topological polar surface area (TPSA) is 80.5 Å². The number of anilines is 1. The zero-order chi connectivity index (χ0) is 14.9. The van der Waals surface area contributed by atoms with E-state index in [1.54, 1.807) is 24.1 Å². The van der Waals surface area contributed by atoms with Crippen molar-refractivity contribution in [2.24, 2.45) is 0 Å². The summed E-state index contributed by atoms with van der Waals surface area (Å²) in [5, 5.41) is 11.2. The number of nitro groups is 1. The fourth-order valence-electron chi connectivity index (χ4n) is 2.37. The highest BCUT2D eigenvalue weighted by molar-refractivity contribution is 7.91. The molecule has 0 saturated carbocycles. The molecule has 110 valence electrons. The molecule has 1 atom stereocenters. The zero-order valence-corrected chi connectivity index (χ0v) is 12.5. The van der Waals surface area contributed by atoms with Gasteiger partial charge in [0.05, 0.1) is 16.4 Å². The molecule has 1 aliphatic rings. The van der Waals surface area contributed by atoms with E-state index < -0.39 is 14.8 Å². The number of halogens is 1. The minimum absolute atomic E-state index is 0.0396. The van der Waals surface area contributed by atoms with Crippen molar-refractivity contribution in [1.82, 2.24) is 0 Å². The summed E-state index contributed by atoms with van der Waals surface area (Å²) in [5.74, 6) is 0.371. The number of alkyl halides is 1. The Balaban J connectivity index is 2.34. The van der Waals surface area contributed by atoms with Gasteiger partial charge in [-0.25, -0.2) is 8.42 Å². The third-order valence-electron chi connectivity index (χ3n) is 3.53. The van der Waals surface area contributed by atoms with Crippen LogP contribution in [0.5, 0.6) is 0 Å². The Morgan fingerprint density at radius 3 is 2.70 bits per heavy atom. The number of rotatable bonds is 4. The summed E-state index contributed by atoms with van der Waals surface area (Å²) in [6, 6.07) is 4.55. The third-order valence-corrected chi connectivity index (χ3v) is 5.59. The van der Waals surface area contributed by atoms with E-state index in [1.165, 1.54) is 6.07 Å². The molecule has 0 spiro atoms. The molecule has 0 N–H and O–H groups in total. The Morgan fingerprint density at radius 2 is 2.20 bits per heavy atom. The lowest BCUT2D eigenvalue weighted by Crippen LogP contribution is -2.33. The highest BCUT2D eigenvalue weighted by Crippen LogP contribution is 2.32. The van der Waals surface area contributed by atoms with Crippen LogP contribution in [0.1, 0.15) is 12.0 Å². The molecular weight excluding hydrogens is 304 g/mol. The Morgan fingerprint density at radius 1 is 1.50 bits per heavy atom. The van der Waals surface area contributed by atoms with Crippen LogP contribution in [0.2, 0.25) is 0 Å². The Hall–Kier alpha value is -1.34. The minimum atomic E-state index is -3.03. The van der Waals surface area contributed by atoms with Crippen LogP contribution in [-0.2, 0) is 15.7 Å². The van der Waals surface area contributed by atoms with Crippen molar-refractivity contribution in [1.29, 1.82) is 0 Å². The summed E-state index contributed by atoms with van der Waals surface area (Å²) in [7, 11) is -1.34. The Labute approximate surface area is 122 Å². The smallest absolute Gasteiger partial charge is 0.292 e. The van der Waals surface area contributed by atoms with Crippen LogP contribution in [0.25, 0.3) is 0 Å². The van der Waals surface area contributed by atoms with Gasteiger partial charge in [-0.3, -0.25) is 10.1 Å². The summed E-state index contributed by atoms with van der Waals surface area (Å²) >= 11 is 5.68.